The van der Waals surface area contributed by atoms with Crippen LogP contribution in [0.15, 0.2) is 24.3 Å². The average Bonchev–Trinajstić information content (AvgIpc) is 2.64. The number of benzene rings is 1. The summed E-state index contributed by atoms with van der Waals surface area (Å²) in [6.45, 7) is 10.9. The number of ether oxygens (including phenoxy) is 1. The van der Waals surface area contributed by atoms with Crippen molar-refractivity contribution >= 4 is 18.3 Å². The Morgan fingerprint density at radius 1 is 1.19 bits per heavy atom. The van der Waals surface area contributed by atoms with E-state index < -0.39 is 6.10 Å². The van der Waals surface area contributed by atoms with E-state index in [1.165, 1.54) is 19.4 Å². The van der Waals surface area contributed by atoms with Crippen molar-refractivity contribution in [3.63, 3.8) is 0 Å². The second kappa shape index (κ2) is 10.1. The zero-order chi connectivity index (χ0) is 17.6. The quantitative estimate of drug-likeness (QED) is 0.850. The maximum absolute atomic E-state index is 12.7. The first-order valence-electron chi connectivity index (χ1n) is 9.57. The molecule has 3 rings (SSSR count). The highest BCUT2D eigenvalue weighted by Gasteiger charge is 2.27. The van der Waals surface area contributed by atoms with Gasteiger partial charge in [-0.15, -0.1) is 12.4 Å². The lowest BCUT2D eigenvalue weighted by molar-refractivity contribution is -0.139. The monoisotopic (exact) mass is 381 g/mol. The number of rotatable bonds is 5. The van der Waals surface area contributed by atoms with Crippen molar-refractivity contribution < 1.29 is 9.53 Å². The molecule has 5 nitrogen and oxygen atoms in total. The number of piperazine rings is 1. The Kier molecular flexibility index (Phi) is 8.19. The van der Waals surface area contributed by atoms with Crippen LogP contribution < -0.4 is 10.1 Å². The van der Waals surface area contributed by atoms with Crippen molar-refractivity contribution in [1.82, 2.24) is 15.1 Å². The summed E-state index contributed by atoms with van der Waals surface area (Å²) in [5.74, 6) is 1.71. The van der Waals surface area contributed by atoms with E-state index in [4.69, 9.17) is 4.74 Å². The number of carbonyl (C=O) groups is 1. The third-order valence-electron chi connectivity index (χ3n) is 5.40. The minimum Gasteiger partial charge on any atom is -0.481 e. The van der Waals surface area contributed by atoms with Crippen LogP contribution in [0.1, 0.15) is 25.3 Å². The summed E-state index contributed by atoms with van der Waals surface area (Å²) < 4.78 is 5.90. The molecule has 0 spiro atoms. The summed E-state index contributed by atoms with van der Waals surface area (Å²) in [7, 11) is 0. The van der Waals surface area contributed by atoms with Crippen LogP contribution >= 0.6 is 12.4 Å². The lowest BCUT2D eigenvalue weighted by Gasteiger charge is -2.38. The molecule has 0 aromatic heterocycles. The van der Waals surface area contributed by atoms with Crippen LogP contribution in [0.5, 0.6) is 5.75 Å². The molecule has 0 radical (unpaired) electrons. The number of hydrogen-bond acceptors (Lipinski definition) is 4. The molecule has 1 N–H and O–H groups in total. The fraction of sp³-hybridized carbons (Fsp3) is 0.650. The molecule has 1 aromatic rings. The highest BCUT2D eigenvalue weighted by atomic mass is 35.5. The van der Waals surface area contributed by atoms with Gasteiger partial charge in [0.15, 0.2) is 6.10 Å². The van der Waals surface area contributed by atoms with Crippen LogP contribution in [0.25, 0.3) is 0 Å². The van der Waals surface area contributed by atoms with Crippen molar-refractivity contribution in [2.75, 3.05) is 45.8 Å². The van der Waals surface area contributed by atoms with Crippen LogP contribution in [0.3, 0.4) is 0 Å². The van der Waals surface area contributed by atoms with E-state index in [9.17, 15) is 4.79 Å². The van der Waals surface area contributed by atoms with Gasteiger partial charge >= 0.3 is 0 Å². The molecule has 0 bridgehead atoms. The smallest absolute Gasteiger partial charge is 0.263 e. The van der Waals surface area contributed by atoms with Crippen molar-refractivity contribution in [2.45, 2.75) is 32.8 Å². The Balaban J connectivity index is 0.00000243. The minimum atomic E-state index is -0.433. The molecule has 26 heavy (non-hydrogen) atoms. The fourth-order valence-corrected chi connectivity index (χ4v) is 3.77. The van der Waals surface area contributed by atoms with Gasteiger partial charge in [0.1, 0.15) is 5.75 Å². The number of nitrogens with one attached hydrogen (secondary N) is 1. The summed E-state index contributed by atoms with van der Waals surface area (Å²) >= 11 is 0. The van der Waals surface area contributed by atoms with Gasteiger partial charge in [0.25, 0.3) is 5.91 Å². The Labute approximate surface area is 163 Å². The van der Waals surface area contributed by atoms with Gasteiger partial charge in [0.2, 0.25) is 0 Å². The minimum absolute atomic E-state index is 0. The second-order valence-corrected chi connectivity index (χ2v) is 7.34. The van der Waals surface area contributed by atoms with Gasteiger partial charge in [0, 0.05) is 32.7 Å². The predicted octanol–water partition coefficient (Wildman–Crippen LogP) is 2.33. The first kappa shape index (κ1) is 21.0. The van der Waals surface area contributed by atoms with Crippen LogP contribution in [0.2, 0.25) is 0 Å². The van der Waals surface area contributed by atoms with Crippen LogP contribution in [-0.2, 0) is 4.79 Å². The first-order chi connectivity index (χ1) is 12.1. The van der Waals surface area contributed by atoms with E-state index in [0.29, 0.717) is 0 Å². The first-order valence-corrected chi connectivity index (χ1v) is 9.57. The zero-order valence-electron chi connectivity index (χ0n) is 15.9. The fourth-order valence-electron chi connectivity index (χ4n) is 3.77. The van der Waals surface area contributed by atoms with E-state index in [0.717, 1.165) is 56.5 Å². The molecule has 6 heteroatoms. The number of piperidine rings is 1. The molecule has 2 heterocycles. The Hall–Kier alpha value is -1.30. The molecule has 1 amide bonds. The number of amides is 1. The average molecular weight is 382 g/mol. The lowest BCUT2D eigenvalue weighted by Crippen LogP contribution is -2.53. The SMILES string of the molecule is Cc1ccccc1OC(C)C(=O)N1CCN(CC2CCNCC2)CC1.Cl. The number of carbonyl (C=O) groups excluding carboxylic acids is 1. The van der Waals surface area contributed by atoms with Crippen molar-refractivity contribution in [2.24, 2.45) is 5.92 Å². The standard InChI is InChI=1S/C20H31N3O2.ClH/c1-16-5-3-4-6-19(16)25-17(2)20(24)23-13-11-22(12-14-23)15-18-7-9-21-10-8-18;/h3-6,17-18,21H,7-15H2,1-2H3;1H. The molecule has 0 saturated carbocycles. The van der Waals surface area contributed by atoms with E-state index >= 15 is 0 Å². The lowest BCUT2D eigenvalue weighted by atomic mass is 9.97. The summed E-state index contributed by atoms with van der Waals surface area (Å²) in [6, 6.07) is 7.86. The van der Waals surface area contributed by atoms with Crippen molar-refractivity contribution in [1.29, 1.82) is 0 Å². The molecule has 2 fully saturated rings. The summed E-state index contributed by atoms with van der Waals surface area (Å²) in [4.78, 5) is 17.2. The van der Waals surface area contributed by atoms with Gasteiger partial charge in [-0.05, 0) is 57.3 Å². The van der Waals surface area contributed by atoms with Crippen LogP contribution in [0, 0.1) is 12.8 Å². The maximum Gasteiger partial charge on any atom is 0.263 e. The zero-order valence-corrected chi connectivity index (χ0v) is 16.8. The van der Waals surface area contributed by atoms with Crippen LogP contribution in [0.4, 0.5) is 0 Å². The Bertz CT molecular complexity index is 570. The number of hydrogen-bond donors (Lipinski definition) is 1. The molecule has 2 saturated heterocycles. The largest absolute Gasteiger partial charge is 0.481 e. The number of para-hydroxylation sites is 1. The van der Waals surface area contributed by atoms with Gasteiger partial charge in [-0.3, -0.25) is 9.69 Å². The molecule has 1 atom stereocenters. The predicted molar refractivity (Wildman–Crippen MR) is 107 cm³/mol. The molecule has 1 aromatic carbocycles. The molecule has 2 aliphatic rings. The summed E-state index contributed by atoms with van der Waals surface area (Å²) in [6.07, 6.45) is 2.12. The van der Waals surface area contributed by atoms with E-state index in [1.54, 1.807) is 0 Å². The number of halogens is 1. The third-order valence-corrected chi connectivity index (χ3v) is 5.40. The van der Waals surface area contributed by atoms with E-state index in [-0.39, 0.29) is 18.3 Å². The van der Waals surface area contributed by atoms with Gasteiger partial charge in [-0.1, -0.05) is 18.2 Å². The Morgan fingerprint density at radius 2 is 1.85 bits per heavy atom. The summed E-state index contributed by atoms with van der Waals surface area (Å²) in [5.41, 5.74) is 1.06. The highest BCUT2D eigenvalue weighted by molar-refractivity contribution is 5.85. The number of aryl methyl sites for hydroxylation is 1. The van der Waals surface area contributed by atoms with Crippen LogP contribution in [-0.4, -0.2) is 67.6 Å². The maximum atomic E-state index is 12.7. The molecular weight excluding hydrogens is 350 g/mol. The van der Waals surface area contributed by atoms with Crippen molar-refractivity contribution in [3.05, 3.63) is 29.8 Å². The molecule has 1 unspecified atom stereocenters. The summed E-state index contributed by atoms with van der Waals surface area (Å²) in [5, 5.41) is 3.42. The normalized spacial score (nSPS) is 20.3. The van der Waals surface area contributed by atoms with Gasteiger partial charge in [0.05, 0.1) is 0 Å². The van der Waals surface area contributed by atoms with Crippen molar-refractivity contribution in [3.8, 4) is 5.75 Å². The highest BCUT2D eigenvalue weighted by Crippen LogP contribution is 2.19. The number of nitrogens with zero attached hydrogens (tertiary/aromatic N) is 2. The van der Waals surface area contributed by atoms with E-state index in [1.807, 2.05) is 43.0 Å². The molecule has 0 aliphatic carbocycles. The molecule has 2 aliphatic heterocycles. The van der Waals surface area contributed by atoms with Gasteiger partial charge in [-0.25, -0.2) is 0 Å². The van der Waals surface area contributed by atoms with Gasteiger partial charge in [-0.2, -0.15) is 0 Å². The van der Waals surface area contributed by atoms with Gasteiger partial charge < -0.3 is 15.0 Å². The molecule has 146 valence electrons. The third kappa shape index (κ3) is 5.60. The molecular formula is C20H32ClN3O2. The topological polar surface area (TPSA) is 44.8 Å². The van der Waals surface area contributed by atoms with E-state index in [2.05, 4.69) is 10.2 Å². The second-order valence-electron chi connectivity index (χ2n) is 7.34. The Morgan fingerprint density at radius 3 is 2.50 bits per heavy atom.